The number of aromatic nitrogens is 5. The minimum atomic E-state index is 0.693. The van der Waals surface area contributed by atoms with E-state index in [1.807, 2.05) is 19.2 Å². The third-order valence-corrected chi connectivity index (χ3v) is 2.57. The second-order valence-electron chi connectivity index (χ2n) is 3.67. The van der Waals surface area contributed by atoms with Crippen molar-refractivity contribution in [1.29, 1.82) is 0 Å². The Morgan fingerprint density at radius 1 is 1.41 bits per heavy atom. The number of aryl methyl sites for hydroxylation is 1. The van der Waals surface area contributed by atoms with E-state index in [1.165, 1.54) is 0 Å². The maximum absolute atomic E-state index is 5.17. The lowest BCUT2D eigenvalue weighted by atomic mass is 10.4. The first-order valence-electron chi connectivity index (χ1n) is 5.16. The van der Waals surface area contributed by atoms with Crippen LogP contribution >= 0.6 is 0 Å². The Hall–Kier alpha value is -2.37. The van der Waals surface area contributed by atoms with Gasteiger partial charge >= 0.3 is 0 Å². The van der Waals surface area contributed by atoms with E-state index in [1.54, 1.807) is 24.2 Å². The topological polar surface area (TPSA) is 68.6 Å². The van der Waals surface area contributed by atoms with Crippen LogP contribution in [0.2, 0.25) is 0 Å². The molecule has 0 atom stereocenters. The van der Waals surface area contributed by atoms with Gasteiger partial charge in [0, 0.05) is 19.3 Å². The van der Waals surface area contributed by atoms with Crippen LogP contribution in [0, 0.1) is 0 Å². The van der Waals surface area contributed by atoms with E-state index >= 15 is 0 Å². The molecule has 0 fully saturated rings. The Balaban J connectivity index is 2.13. The van der Waals surface area contributed by atoms with Gasteiger partial charge in [-0.3, -0.25) is 4.98 Å². The SMILES string of the molecule is COc1cc(-c2nc3ccncc3[nH]2)nn1C. The van der Waals surface area contributed by atoms with Crippen LogP contribution < -0.4 is 4.74 Å². The predicted molar refractivity (Wildman–Crippen MR) is 62.6 cm³/mol. The van der Waals surface area contributed by atoms with Crippen molar-refractivity contribution < 1.29 is 4.74 Å². The van der Waals surface area contributed by atoms with Gasteiger partial charge in [0.15, 0.2) is 5.82 Å². The van der Waals surface area contributed by atoms with Crippen molar-refractivity contribution in [1.82, 2.24) is 24.7 Å². The summed E-state index contributed by atoms with van der Waals surface area (Å²) in [5, 5.41) is 4.32. The first-order valence-corrected chi connectivity index (χ1v) is 5.16. The molecule has 86 valence electrons. The minimum Gasteiger partial charge on any atom is -0.481 e. The number of hydrogen-bond donors (Lipinski definition) is 1. The smallest absolute Gasteiger partial charge is 0.211 e. The molecule has 6 nitrogen and oxygen atoms in total. The Kier molecular flexibility index (Phi) is 2.07. The van der Waals surface area contributed by atoms with Crippen molar-refractivity contribution in [3.05, 3.63) is 24.5 Å². The summed E-state index contributed by atoms with van der Waals surface area (Å²) in [6.45, 7) is 0. The lowest BCUT2D eigenvalue weighted by Gasteiger charge is -1.95. The molecule has 3 rings (SSSR count). The Morgan fingerprint density at radius 2 is 2.29 bits per heavy atom. The summed E-state index contributed by atoms with van der Waals surface area (Å²) in [5.41, 5.74) is 2.52. The molecule has 0 unspecified atom stereocenters. The number of nitrogens with one attached hydrogen (secondary N) is 1. The lowest BCUT2D eigenvalue weighted by Crippen LogP contribution is -1.94. The first kappa shape index (κ1) is 9.83. The fourth-order valence-corrected chi connectivity index (χ4v) is 1.74. The second kappa shape index (κ2) is 3.58. The number of aromatic amines is 1. The van der Waals surface area contributed by atoms with Crippen LogP contribution in [0.25, 0.3) is 22.6 Å². The van der Waals surface area contributed by atoms with E-state index in [0.717, 1.165) is 16.7 Å². The van der Waals surface area contributed by atoms with Gasteiger partial charge in [0.25, 0.3) is 0 Å². The highest BCUT2D eigenvalue weighted by atomic mass is 16.5. The molecule has 0 aromatic carbocycles. The lowest BCUT2D eigenvalue weighted by molar-refractivity contribution is 0.373. The van der Waals surface area contributed by atoms with Crippen molar-refractivity contribution in [2.75, 3.05) is 7.11 Å². The molecule has 0 aliphatic carbocycles. The maximum atomic E-state index is 5.17. The molecular formula is C11H11N5O. The molecule has 6 heteroatoms. The van der Waals surface area contributed by atoms with E-state index in [4.69, 9.17) is 4.74 Å². The van der Waals surface area contributed by atoms with Crippen LogP contribution in [0.1, 0.15) is 0 Å². The van der Waals surface area contributed by atoms with Gasteiger partial charge in [-0.15, -0.1) is 0 Å². The van der Waals surface area contributed by atoms with E-state index in [0.29, 0.717) is 11.7 Å². The average Bonchev–Trinajstić information content (AvgIpc) is 2.91. The number of H-pyrrole nitrogens is 1. The highest BCUT2D eigenvalue weighted by Crippen LogP contribution is 2.22. The van der Waals surface area contributed by atoms with Gasteiger partial charge in [-0.25, -0.2) is 9.67 Å². The molecule has 0 aliphatic heterocycles. The van der Waals surface area contributed by atoms with Gasteiger partial charge in [-0.2, -0.15) is 5.10 Å². The average molecular weight is 229 g/mol. The molecule has 0 saturated heterocycles. The number of pyridine rings is 1. The summed E-state index contributed by atoms with van der Waals surface area (Å²) < 4.78 is 6.84. The maximum Gasteiger partial charge on any atom is 0.211 e. The number of rotatable bonds is 2. The molecule has 0 aliphatic rings. The summed E-state index contributed by atoms with van der Waals surface area (Å²) in [4.78, 5) is 11.7. The van der Waals surface area contributed by atoms with Crippen LogP contribution in [0.4, 0.5) is 0 Å². The van der Waals surface area contributed by atoms with Crippen LogP contribution in [-0.2, 0) is 7.05 Å². The van der Waals surface area contributed by atoms with Crippen molar-refractivity contribution in [3.8, 4) is 17.4 Å². The Morgan fingerprint density at radius 3 is 3.00 bits per heavy atom. The van der Waals surface area contributed by atoms with Crippen LogP contribution in [0.15, 0.2) is 24.5 Å². The summed E-state index contributed by atoms with van der Waals surface area (Å²) in [6, 6.07) is 3.70. The summed E-state index contributed by atoms with van der Waals surface area (Å²) >= 11 is 0. The fraction of sp³-hybridized carbons (Fsp3) is 0.182. The third-order valence-electron chi connectivity index (χ3n) is 2.57. The summed E-state index contributed by atoms with van der Waals surface area (Å²) in [7, 11) is 3.44. The van der Waals surface area contributed by atoms with E-state index in [2.05, 4.69) is 20.1 Å². The number of fused-ring (bicyclic) bond motifs is 1. The Bertz CT molecular complexity index is 636. The van der Waals surface area contributed by atoms with E-state index in [-0.39, 0.29) is 0 Å². The van der Waals surface area contributed by atoms with E-state index < -0.39 is 0 Å². The zero-order valence-corrected chi connectivity index (χ0v) is 9.51. The summed E-state index contributed by atoms with van der Waals surface area (Å²) in [6.07, 6.45) is 3.46. The zero-order valence-electron chi connectivity index (χ0n) is 9.51. The summed E-state index contributed by atoms with van der Waals surface area (Å²) in [5.74, 6) is 1.41. The molecular weight excluding hydrogens is 218 g/mol. The van der Waals surface area contributed by atoms with Crippen LogP contribution in [-0.4, -0.2) is 31.8 Å². The van der Waals surface area contributed by atoms with Gasteiger partial charge in [0.05, 0.1) is 24.3 Å². The molecule has 0 bridgehead atoms. The predicted octanol–water partition coefficient (Wildman–Crippen LogP) is 1.37. The quantitative estimate of drug-likeness (QED) is 0.720. The molecule has 17 heavy (non-hydrogen) atoms. The number of hydrogen-bond acceptors (Lipinski definition) is 4. The largest absolute Gasteiger partial charge is 0.481 e. The first-order chi connectivity index (χ1) is 8.28. The van der Waals surface area contributed by atoms with Crippen LogP contribution in [0.3, 0.4) is 0 Å². The molecule has 1 N–H and O–H groups in total. The highest BCUT2D eigenvalue weighted by molar-refractivity contribution is 5.77. The normalized spacial score (nSPS) is 10.9. The van der Waals surface area contributed by atoms with Crippen molar-refractivity contribution >= 4 is 11.0 Å². The van der Waals surface area contributed by atoms with Gasteiger partial charge in [-0.1, -0.05) is 0 Å². The molecule has 0 radical (unpaired) electrons. The zero-order chi connectivity index (χ0) is 11.8. The number of imidazole rings is 1. The van der Waals surface area contributed by atoms with Crippen molar-refractivity contribution in [2.45, 2.75) is 0 Å². The molecule has 0 amide bonds. The van der Waals surface area contributed by atoms with Gasteiger partial charge in [0.2, 0.25) is 5.88 Å². The third kappa shape index (κ3) is 1.54. The molecule has 3 heterocycles. The van der Waals surface area contributed by atoms with Crippen molar-refractivity contribution in [3.63, 3.8) is 0 Å². The van der Waals surface area contributed by atoms with Gasteiger partial charge in [0.1, 0.15) is 5.69 Å². The molecule has 0 spiro atoms. The monoisotopic (exact) mass is 229 g/mol. The van der Waals surface area contributed by atoms with Crippen LogP contribution in [0.5, 0.6) is 5.88 Å². The minimum absolute atomic E-state index is 0.693. The number of nitrogens with zero attached hydrogens (tertiary/aromatic N) is 4. The molecule has 3 aromatic heterocycles. The number of ether oxygens (including phenoxy) is 1. The Labute approximate surface area is 97.3 Å². The fourth-order valence-electron chi connectivity index (χ4n) is 1.74. The van der Waals surface area contributed by atoms with Gasteiger partial charge < -0.3 is 9.72 Å². The standard InChI is InChI=1S/C11H11N5O/c1-16-10(17-2)5-8(15-16)11-13-7-3-4-12-6-9(7)14-11/h3-6H,1-2H3,(H,13,14). The van der Waals surface area contributed by atoms with Gasteiger partial charge in [-0.05, 0) is 6.07 Å². The number of methoxy groups -OCH3 is 1. The molecule has 0 saturated carbocycles. The molecule has 3 aromatic rings. The second-order valence-corrected chi connectivity index (χ2v) is 3.67. The van der Waals surface area contributed by atoms with Crippen molar-refractivity contribution in [2.24, 2.45) is 7.05 Å². The highest BCUT2D eigenvalue weighted by Gasteiger charge is 2.11. The van der Waals surface area contributed by atoms with E-state index in [9.17, 15) is 0 Å².